The Kier molecular flexibility index (Phi) is 7.31. The number of rotatable bonds is 7. The maximum Gasteiger partial charge on any atom is 0.338 e. The zero-order valence-electron chi connectivity index (χ0n) is 20.2. The van der Waals surface area contributed by atoms with E-state index in [1.165, 1.54) is 24.1 Å². The normalized spacial score (nSPS) is 22.8. The molecule has 35 heavy (non-hydrogen) atoms. The number of hydrogen-bond donors (Lipinski definition) is 0. The van der Waals surface area contributed by atoms with Gasteiger partial charge in [0, 0.05) is 18.7 Å². The SMILES string of the molecule is COc1cccc(C(=O)COC(=O)c2ccc(N3C(=O)CC(N4CC(C)CC(C)C4)C3=O)cc2)c1. The van der Waals surface area contributed by atoms with Gasteiger partial charge in [-0.2, -0.15) is 0 Å². The first-order valence-electron chi connectivity index (χ1n) is 11.8. The van der Waals surface area contributed by atoms with Gasteiger partial charge in [-0.1, -0.05) is 26.0 Å². The Balaban J connectivity index is 1.38. The summed E-state index contributed by atoms with van der Waals surface area (Å²) in [5, 5.41) is 0. The molecule has 2 amide bonds. The van der Waals surface area contributed by atoms with E-state index >= 15 is 0 Å². The average Bonchev–Trinajstić information content (AvgIpc) is 3.15. The van der Waals surface area contributed by atoms with Gasteiger partial charge in [0.25, 0.3) is 5.91 Å². The van der Waals surface area contributed by atoms with E-state index in [0.29, 0.717) is 28.8 Å². The fourth-order valence-electron chi connectivity index (χ4n) is 4.98. The molecule has 2 heterocycles. The van der Waals surface area contributed by atoms with Crippen LogP contribution in [0.5, 0.6) is 5.75 Å². The molecule has 0 aromatic heterocycles. The number of carbonyl (C=O) groups excluding carboxylic acids is 4. The smallest absolute Gasteiger partial charge is 0.338 e. The molecule has 4 rings (SSSR count). The van der Waals surface area contributed by atoms with Crippen LogP contribution >= 0.6 is 0 Å². The van der Waals surface area contributed by atoms with Crippen molar-refractivity contribution in [1.82, 2.24) is 4.90 Å². The summed E-state index contributed by atoms with van der Waals surface area (Å²) in [4.78, 5) is 53.9. The molecule has 0 N–H and O–H groups in total. The highest BCUT2D eigenvalue weighted by Crippen LogP contribution is 2.30. The highest BCUT2D eigenvalue weighted by atomic mass is 16.5. The van der Waals surface area contributed by atoms with Crippen LogP contribution in [0.4, 0.5) is 5.69 Å². The quantitative estimate of drug-likeness (QED) is 0.342. The summed E-state index contributed by atoms with van der Waals surface area (Å²) >= 11 is 0. The number of benzene rings is 2. The van der Waals surface area contributed by atoms with E-state index in [-0.39, 0.29) is 29.6 Å². The van der Waals surface area contributed by atoms with Gasteiger partial charge in [-0.15, -0.1) is 0 Å². The van der Waals surface area contributed by atoms with Gasteiger partial charge in [-0.25, -0.2) is 9.69 Å². The van der Waals surface area contributed by atoms with Crippen LogP contribution in [0.25, 0.3) is 0 Å². The molecule has 184 valence electrons. The molecule has 3 unspecified atom stereocenters. The largest absolute Gasteiger partial charge is 0.497 e. The van der Waals surface area contributed by atoms with Gasteiger partial charge < -0.3 is 9.47 Å². The lowest BCUT2D eigenvalue weighted by Gasteiger charge is -2.37. The Morgan fingerprint density at radius 2 is 1.66 bits per heavy atom. The van der Waals surface area contributed by atoms with Crippen LogP contribution in [0.2, 0.25) is 0 Å². The minimum absolute atomic E-state index is 0.161. The number of hydrogen-bond acceptors (Lipinski definition) is 7. The number of likely N-dealkylation sites (tertiary alicyclic amines) is 1. The van der Waals surface area contributed by atoms with Crippen molar-refractivity contribution >= 4 is 29.3 Å². The maximum absolute atomic E-state index is 13.1. The number of amides is 2. The number of nitrogens with zero attached hydrogens (tertiary/aromatic N) is 2. The van der Waals surface area contributed by atoms with E-state index in [1.807, 2.05) is 0 Å². The van der Waals surface area contributed by atoms with Crippen LogP contribution < -0.4 is 9.64 Å². The van der Waals surface area contributed by atoms with Gasteiger partial charge in [0.1, 0.15) is 5.75 Å². The molecule has 8 heteroatoms. The zero-order chi connectivity index (χ0) is 25.1. The Labute approximate surface area is 204 Å². The molecule has 0 saturated carbocycles. The third-order valence-corrected chi connectivity index (χ3v) is 6.55. The van der Waals surface area contributed by atoms with Crippen LogP contribution in [0.1, 0.15) is 47.4 Å². The molecule has 2 aliphatic rings. The number of Topliss-reactive ketones (excluding diaryl/α,β-unsaturated/α-hetero) is 1. The summed E-state index contributed by atoms with van der Waals surface area (Å²) in [6, 6.07) is 12.3. The third kappa shape index (κ3) is 5.43. The lowest BCUT2D eigenvalue weighted by Crippen LogP contribution is -2.48. The Morgan fingerprint density at radius 1 is 0.971 bits per heavy atom. The van der Waals surface area contributed by atoms with E-state index in [9.17, 15) is 19.2 Å². The van der Waals surface area contributed by atoms with Crippen molar-refractivity contribution in [1.29, 1.82) is 0 Å². The predicted octanol–water partition coefficient (Wildman–Crippen LogP) is 3.34. The van der Waals surface area contributed by atoms with Crippen LogP contribution in [0.3, 0.4) is 0 Å². The molecule has 0 aliphatic carbocycles. The van der Waals surface area contributed by atoms with E-state index in [1.54, 1.807) is 36.4 Å². The number of anilines is 1. The fourth-order valence-corrected chi connectivity index (χ4v) is 4.98. The average molecular weight is 479 g/mol. The predicted molar refractivity (Wildman–Crippen MR) is 129 cm³/mol. The van der Waals surface area contributed by atoms with Gasteiger partial charge in [0.05, 0.1) is 30.8 Å². The van der Waals surface area contributed by atoms with Crippen LogP contribution in [-0.4, -0.2) is 61.3 Å². The Hall–Kier alpha value is -3.52. The zero-order valence-corrected chi connectivity index (χ0v) is 20.2. The summed E-state index contributed by atoms with van der Waals surface area (Å²) < 4.78 is 10.3. The number of imide groups is 1. The highest BCUT2D eigenvalue weighted by Gasteiger charge is 2.44. The van der Waals surface area contributed by atoms with Crippen molar-refractivity contribution < 1.29 is 28.7 Å². The summed E-state index contributed by atoms with van der Waals surface area (Å²) in [7, 11) is 1.51. The molecule has 3 atom stereocenters. The lowest BCUT2D eigenvalue weighted by molar-refractivity contribution is -0.123. The van der Waals surface area contributed by atoms with E-state index in [0.717, 1.165) is 19.5 Å². The minimum Gasteiger partial charge on any atom is -0.497 e. The van der Waals surface area contributed by atoms with Gasteiger partial charge in [0.2, 0.25) is 5.91 Å². The molecule has 0 bridgehead atoms. The molecule has 0 radical (unpaired) electrons. The number of piperidine rings is 1. The van der Waals surface area contributed by atoms with Crippen molar-refractivity contribution in [2.24, 2.45) is 11.8 Å². The molecule has 2 aromatic rings. The summed E-state index contributed by atoms with van der Waals surface area (Å²) in [6.07, 6.45) is 1.28. The first kappa shape index (κ1) is 24.6. The fraction of sp³-hybridized carbons (Fsp3) is 0.407. The monoisotopic (exact) mass is 478 g/mol. The first-order chi connectivity index (χ1) is 16.8. The van der Waals surface area contributed by atoms with Crippen molar-refractivity contribution in [3.8, 4) is 5.75 Å². The number of carbonyl (C=O) groups is 4. The number of esters is 1. The van der Waals surface area contributed by atoms with Crippen molar-refractivity contribution in [3.05, 3.63) is 59.7 Å². The Bertz CT molecular complexity index is 1120. The molecular formula is C27H30N2O6. The number of ketones is 1. The summed E-state index contributed by atoms with van der Waals surface area (Å²) in [5.41, 5.74) is 1.02. The van der Waals surface area contributed by atoms with Gasteiger partial charge in [-0.05, 0) is 54.7 Å². The molecule has 2 aromatic carbocycles. The summed E-state index contributed by atoms with van der Waals surface area (Å²) in [5.74, 6) is 0.0140. The highest BCUT2D eigenvalue weighted by molar-refractivity contribution is 6.22. The number of methoxy groups -OCH3 is 1. The van der Waals surface area contributed by atoms with Gasteiger partial charge >= 0.3 is 5.97 Å². The maximum atomic E-state index is 13.1. The third-order valence-electron chi connectivity index (χ3n) is 6.55. The lowest BCUT2D eigenvalue weighted by atomic mass is 9.90. The van der Waals surface area contributed by atoms with Crippen LogP contribution in [0.15, 0.2) is 48.5 Å². The van der Waals surface area contributed by atoms with E-state index in [2.05, 4.69) is 18.7 Å². The second-order valence-corrected chi connectivity index (χ2v) is 9.47. The number of ether oxygens (including phenoxy) is 2. The van der Waals surface area contributed by atoms with Gasteiger partial charge in [0.15, 0.2) is 12.4 Å². The van der Waals surface area contributed by atoms with E-state index in [4.69, 9.17) is 9.47 Å². The van der Waals surface area contributed by atoms with Crippen LogP contribution in [0, 0.1) is 11.8 Å². The van der Waals surface area contributed by atoms with Crippen molar-refractivity contribution in [3.63, 3.8) is 0 Å². The van der Waals surface area contributed by atoms with E-state index < -0.39 is 18.6 Å². The van der Waals surface area contributed by atoms with Crippen LogP contribution in [-0.2, 0) is 14.3 Å². The standard InChI is InChI=1S/C27H30N2O6/c1-17-11-18(2)15-28(14-17)23-13-25(31)29(26(23)32)21-9-7-19(8-10-21)27(33)35-16-24(30)20-5-4-6-22(12-20)34-3/h4-10,12,17-18,23H,11,13-16H2,1-3H3. The summed E-state index contributed by atoms with van der Waals surface area (Å²) in [6.45, 7) is 5.54. The minimum atomic E-state index is -0.666. The molecule has 2 aliphatic heterocycles. The van der Waals surface area contributed by atoms with Gasteiger partial charge in [-0.3, -0.25) is 19.3 Å². The van der Waals surface area contributed by atoms with Crippen molar-refractivity contribution in [2.75, 3.05) is 31.7 Å². The second-order valence-electron chi connectivity index (χ2n) is 9.47. The molecule has 8 nitrogen and oxygen atoms in total. The topological polar surface area (TPSA) is 93.2 Å². The Morgan fingerprint density at radius 3 is 2.31 bits per heavy atom. The molecule has 2 saturated heterocycles. The van der Waals surface area contributed by atoms with Crippen molar-refractivity contribution in [2.45, 2.75) is 32.7 Å². The molecule has 2 fully saturated rings. The molecular weight excluding hydrogens is 448 g/mol. The second kappa shape index (κ2) is 10.4. The first-order valence-corrected chi connectivity index (χ1v) is 11.8. The molecule has 0 spiro atoms.